The molecule has 100 valence electrons. The number of nitrogen functional groups attached to an aromatic ring is 1. The van der Waals surface area contributed by atoms with Crippen molar-refractivity contribution in [3.63, 3.8) is 0 Å². The number of nitrogens with one attached hydrogen (secondary N) is 1. The fourth-order valence-corrected chi connectivity index (χ4v) is 1.83. The molecule has 0 heterocycles. The monoisotopic (exact) mass is 256 g/mol. The zero-order chi connectivity index (χ0) is 13.5. The second kappa shape index (κ2) is 6.69. The van der Waals surface area contributed by atoms with Crippen molar-refractivity contribution in [2.75, 3.05) is 17.7 Å². The molecule has 0 saturated heterocycles. The van der Waals surface area contributed by atoms with Gasteiger partial charge in [-0.25, -0.2) is 0 Å². The van der Waals surface area contributed by atoms with E-state index >= 15 is 0 Å². The van der Waals surface area contributed by atoms with Crippen molar-refractivity contribution >= 4 is 11.4 Å². The maximum absolute atomic E-state index is 5.88. The van der Waals surface area contributed by atoms with E-state index in [0.717, 1.165) is 24.4 Å². The Hall–Kier alpha value is -2.16. The fraction of sp³-hybridized carbons (Fsp3) is 0.250. The summed E-state index contributed by atoms with van der Waals surface area (Å²) in [6, 6.07) is 16.0. The van der Waals surface area contributed by atoms with Gasteiger partial charge >= 0.3 is 0 Å². The lowest BCUT2D eigenvalue weighted by atomic mass is 10.2. The molecule has 19 heavy (non-hydrogen) atoms. The largest absolute Gasteiger partial charge is 0.493 e. The van der Waals surface area contributed by atoms with Gasteiger partial charge in [-0.15, -0.1) is 0 Å². The van der Waals surface area contributed by atoms with Crippen LogP contribution in [0.25, 0.3) is 0 Å². The van der Waals surface area contributed by atoms with E-state index in [0.29, 0.717) is 12.3 Å². The van der Waals surface area contributed by atoms with Crippen molar-refractivity contribution in [3.05, 3.63) is 54.1 Å². The number of benzene rings is 2. The van der Waals surface area contributed by atoms with Crippen LogP contribution >= 0.6 is 0 Å². The van der Waals surface area contributed by atoms with Crippen LogP contribution in [0.15, 0.2) is 48.5 Å². The van der Waals surface area contributed by atoms with Crippen LogP contribution in [-0.4, -0.2) is 6.61 Å². The van der Waals surface area contributed by atoms with Gasteiger partial charge in [0, 0.05) is 30.1 Å². The first-order valence-electron chi connectivity index (χ1n) is 6.59. The third-order valence-electron chi connectivity index (χ3n) is 2.74. The minimum Gasteiger partial charge on any atom is -0.493 e. The molecule has 3 N–H and O–H groups in total. The molecule has 0 aliphatic carbocycles. The molecule has 0 aromatic heterocycles. The number of hydrogen-bond acceptors (Lipinski definition) is 3. The highest BCUT2D eigenvalue weighted by atomic mass is 16.5. The van der Waals surface area contributed by atoms with Gasteiger partial charge in [0.1, 0.15) is 5.75 Å². The van der Waals surface area contributed by atoms with E-state index in [1.54, 1.807) is 0 Å². The van der Waals surface area contributed by atoms with Crippen molar-refractivity contribution in [3.8, 4) is 5.75 Å². The Balaban J connectivity index is 2.01. The lowest BCUT2D eigenvalue weighted by molar-refractivity contribution is 0.318. The molecule has 0 aliphatic heterocycles. The molecular weight excluding hydrogens is 236 g/mol. The van der Waals surface area contributed by atoms with E-state index < -0.39 is 0 Å². The standard InChI is InChI=1S/C16H20N2O/c1-2-8-19-16-10-14(17)9-15(11-16)18-12-13-6-4-3-5-7-13/h3-7,9-11,18H,2,8,12,17H2,1H3. The Bertz CT molecular complexity index is 511. The molecule has 0 aliphatic rings. The van der Waals surface area contributed by atoms with Crippen LogP contribution in [0.2, 0.25) is 0 Å². The highest BCUT2D eigenvalue weighted by Crippen LogP contribution is 2.23. The molecule has 0 fully saturated rings. The van der Waals surface area contributed by atoms with Gasteiger partial charge in [-0.1, -0.05) is 37.3 Å². The molecule has 2 aromatic rings. The Morgan fingerprint density at radius 3 is 2.63 bits per heavy atom. The summed E-state index contributed by atoms with van der Waals surface area (Å²) in [5, 5.41) is 3.36. The van der Waals surface area contributed by atoms with Crippen molar-refractivity contribution in [2.45, 2.75) is 19.9 Å². The number of rotatable bonds is 6. The van der Waals surface area contributed by atoms with Crippen LogP contribution in [0.5, 0.6) is 5.75 Å². The fourth-order valence-electron chi connectivity index (χ4n) is 1.83. The maximum atomic E-state index is 5.88. The number of anilines is 2. The molecule has 0 saturated carbocycles. The Morgan fingerprint density at radius 1 is 1.11 bits per heavy atom. The molecule has 0 atom stereocenters. The summed E-state index contributed by atoms with van der Waals surface area (Å²) in [5.74, 6) is 0.817. The van der Waals surface area contributed by atoms with Gasteiger partial charge in [0.25, 0.3) is 0 Å². The third-order valence-corrected chi connectivity index (χ3v) is 2.74. The highest BCUT2D eigenvalue weighted by molar-refractivity contribution is 5.59. The average Bonchev–Trinajstić information content (AvgIpc) is 2.43. The summed E-state index contributed by atoms with van der Waals surface area (Å²) in [7, 11) is 0. The zero-order valence-corrected chi connectivity index (χ0v) is 11.2. The summed E-state index contributed by atoms with van der Waals surface area (Å²) in [5.41, 5.74) is 8.81. The van der Waals surface area contributed by atoms with Crippen LogP contribution in [0.3, 0.4) is 0 Å². The molecule has 0 unspecified atom stereocenters. The molecule has 0 amide bonds. The quantitative estimate of drug-likeness (QED) is 0.775. The van der Waals surface area contributed by atoms with E-state index in [2.05, 4.69) is 24.4 Å². The predicted molar refractivity (Wildman–Crippen MR) is 80.4 cm³/mol. The van der Waals surface area contributed by atoms with Gasteiger partial charge in [-0.2, -0.15) is 0 Å². The smallest absolute Gasteiger partial charge is 0.123 e. The van der Waals surface area contributed by atoms with Gasteiger partial charge in [-0.05, 0) is 18.1 Å². The lowest BCUT2D eigenvalue weighted by Gasteiger charge is -2.11. The van der Waals surface area contributed by atoms with E-state index in [1.807, 2.05) is 36.4 Å². The van der Waals surface area contributed by atoms with Crippen molar-refractivity contribution < 1.29 is 4.74 Å². The second-order valence-corrected chi connectivity index (χ2v) is 4.48. The van der Waals surface area contributed by atoms with Crippen molar-refractivity contribution in [1.82, 2.24) is 0 Å². The lowest BCUT2D eigenvalue weighted by Crippen LogP contribution is -2.01. The van der Waals surface area contributed by atoms with Crippen molar-refractivity contribution in [1.29, 1.82) is 0 Å². The Morgan fingerprint density at radius 2 is 1.89 bits per heavy atom. The van der Waals surface area contributed by atoms with E-state index in [-0.39, 0.29) is 0 Å². The van der Waals surface area contributed by atoms with Gasteiger partial charge in [0.2, 0.25) is 0 Å². The molecule has 0 radical (unpaired) electrons. The van der Waals surface area contributed by atoms with Crippen LogP contribution in [-0.2, 0) is 6.54 Å². The zero-order valence-electron chi connectivity index (χ0n) is 11.2. The summed E-state index contributed by atoms with van der Waals surface area (Å²) >= 11 is 0. The molecule has 2 rings (SSSR count). The van der Waals surface area contributed by atoms with Gasteiger partial charge < -0.3 is 15.8 Å². The number of ether oxygens (including phenoxy) is 1. The normalized spacial score (nSPS) is 10.2. The molecular formula is C16H20N2O. The first-order valence-corrected chi connectivity index (χ1v) is 6.59. The van der Waals surface area contributed by atoms with Gasteiger partial charge in [0.05, 0.1) is 6.61 Å². The van der Waals surface area contributed by atoms with Crippen LogP contribution in [0.1, 0.15) is 18.9 Å². The first kappa shape index (κ1) is 13.3. The number of hydrogen-bond donors (Lipinski definition) is 2. The Kier molecular flexibility index (Phi) is 4.67. The highest BCUT2D eigenvalue weighted by Gasteiger charge is 2.00. The molecule has 2 aromatic carbocycles. The van der Waals surface area contributed by atoms with Crippen LogP contribution < -0.4 is 15.8 Å². The Labute approximate surface area is 114 Å². The van der Waals surface area contributed by atoms with Crippen LogP contribution in [0, 0.1) is 0 Å². The van der Waals surface area contributed by atoms with E-state index in [4.69, 9.17) is 10.5 Å². The summed E-state index contributed by atoms with van der Waals surface area (Å²) < 4.78 is 5.61. The topological polar surface area (TPSA) is 47.3 Å². The van der Waals surface area contributed by atoms with Crippen molar-refractivity contribution in [2.24, 2.45) is 0 Å². The maximum Gasteiger partial charge on any atom is 0.123 e. The van der Waals surface area contributed by atoms with E-state index in [1.165, 1.54) is 5.56 Å². The molecule has 0 spiro atoms. The van der Waals surface area contributed by atoms with Gasteiger partial charge in [0.15, 0.2) is 0 Å². The van der Waals surface area contributed by atoms with Crippen LogP contribution in [0.4, 0.5) is 11.4 Å². The summed E-state index contributed by atoms with van der Waals surface area (Å²) in [4.78, 5) is 0. The first-order chi connectivity index (χ1) is 9.28. The number of nitrogens with two attached hydrogens (primary N) is 1. The predicted octanol–water partition coefficient (Wildman–Crippen LogP) is 3.67. The molecule has 3 nitrogen and oxygen atoms in total. The summed E-state index contributed by atoms with van der Waals surface area (Å²) in [6.45, 7) is 3.57. The van der Waals surface area contributed by atoms with Gasteiger partial charge in [-0.3, -0.25) is 0 Å². The third kappa shape index (κ3) is 4.21. The van der Waals surface area contributed by atoms with E-state index in [9.17, 15) is 0 Å². The second-order valence-electron chi connectivity index (χ2n) is 4.48. The minimum atomic E-state index is 0.710. The SMILES string of the molecule is CCCOc1cc(N)cc(NCc2ccccc2)c1. The molecule has 3 heteroatoms. The molecule has 0 bridgehead atoms. The minimum absolute atomic E-state index is 0.710. The average molecular weight is 256 g/mol. The summed E-state index contributed by atoms with van der Waals surface area (Å²) in [6.07, 6.45) is 0.988.